The predicted octanol–water partition coefficient (Wildman–Crippen LogP) is 1.33. The van der Waals surface area contributed by atoms with Crippen LogP contribution in [0.4, 0.5) is 0 Å². The third-order valence-corrected chi connectivity index (χ3v) is 1.25. The third-order valence-electron chi connectivity index (χ3n) is 1.25. The molecule has 0 amide bonds. The largest absolute Gasteiger partial charge is 0.502 e. The maximum atomic E-state index is 10.7. The molecule has 0 saturated heterocycles. The van der Waals surface area contributed by atoms with Crippen LogP contribution in [0.1, 0.15) is 12.7 Å². The zero-order valence-electron chi connectivity index (χ0n) is 6.03. The Morgan fingerprint density at radius 3 is 2.73 bits per heavy atom. The first kappa shape index (κ1) is 10.0. The van der Waals surface area contributed by atoms with E-state index >= 15 is 0 Å². The first-order valence-electron chi connectivity index (χ1n) is 3.05. The maximum absolute atomic E-state index is 10.7. The average molecular weight is 177 g/mol. The van der Waals surface area contributed by atoms with Crippen molar-refractivity contribution in [2.75, 3.05) is 0 Å². The zero-order valence-corrected chi connectivity index (χ0v) is 6.85. The van der Waals surface area contributed by atoms with Gasteiger partial charge in [-0.2, -0.15) is 0 Å². The molecule has 0 aliphatic heterocycles. The van der Waals surface area contributed by atoms with Crippen LogP contribution in [0.2, 0.25) is 0 Å². The van der Waals surface area contributed by atoms with Crippen molar-refractivity contribution in [1.82, 2.24) is 0 Å². The van der Waals surface area contributed by atoms with E-state index in [4.69, 9.17) is 9.52 Å². The molecule has 4 heteroatoms. The Kier molecular flexibility index (Phi) is 3.68. The predicted molar refractivity (Wildman–Crippen MR) is 43.3 cm³/mol. The van der Waals surface area contributed by atoms with Gasteiger partial charge in [-0.25, -0.2) is 0 Å². The number of rotatable bonds is 1. The molecule has 1 rings (SSSR count). The highest BCUT2D eigenvalue weighted by molar-refractivity contribution is 5.85. The fourth-order valence-corrected chi connectivity index (χ4v) is 0.701. The van der Waals surface area contributed by atoms with Gasteiger partial charge in [0.15, 0.2) is 0 Å². The van der Waals surface area contributed by atoms with Gasteiger partial charge in [0.1, 0.15) is 5.76 Å². The van der Waals surface area contributed by atoms with Crippen LogP contribution in [-0.4, -0.2) is 5.11 Å². The molecule has 0 aliphatic rings. The summed E-state index contributed by atoms with van der Waals surface area (Å²) in [6.45, 7) is 1.80. The van der Waals surface area contributed by atoms with Gasteiger partial charge in [0.2, 0.25) is 11.2 Å². The molecule has 1 aromatic rings. The van der Waals surface area contributed by atoms with E-state index in [1.54, 1.807) is 6.92 Å². The minimum Gasteiger partial charge on any atom is -0.502 e. The van der Waals surface area contributed by atoms with Gasteiger partial charge in [-0.05, 0) is 0 Å². The first-order chi connectivity index (χ1) is 4.75. The van der Waals surface area contributed by atoms with Crippen molar-refractivity contribution in [2.45, 2.75) is 13.3 Å². The molecule has 0 aromatic carbocycles. The van der Waals surface area contributed by atoms with Crippen molar-refractivity contribution in [3.63, 3.8) is 0 Å². The van der Waals surface area contributed by atoms with E-state index in [0.717, 1.165) is 0 Å². The molecule has 1 aromatic heterocycles. The Bertz CT molecular complexity index is 279. The van der Waals surface area contributed by atoms with Crippen molar-refractivity contribution in [3.8, 4) is 5.75 Å². The van der Waals surface area contributed by atoms with Gasteiger partial charge < -0.3 is 9.52 Å². The van der Waals surface area contributed by atoms with Gasteiger partial charge in [-0.15, -0.1) is 12.4 Å². The number of halogens is 1. The molecule has 0 spiro atoms. The van der Waals surface area contributed by atoms with E-state index in [0.29, 0.717) is 12.2 Å². The lowest BCUT2D eigenvalue weighted by Crippen LogP contribution is -1.99. The Labute approximate surface area is 70.1 Å². The molecule has 11 heavy (non-hydrogen) atoms. The van der Waals surface area contributed by atoms with Gasteiger partial charge >= 0.3 is 0 Å². The normalized spacial score (nSPS) is 8.82. The van der Waals surface area contributed by atoms with E-state index in [-0.39, 0.29) is 23.6 Å². The van der Waals surface area contributed by atoms with Crippen molar-refractivity contribution < 1.29 is 9.52 Å². The van der Waals surface area contributed by atoms with Crippen molar-refractivity contribution in [1.29, 1.82) is 0 Å². The van der Waals surface area contributed by atoms with Crippen LogP contribution < -0.4 is 5.43 Å². The van der Waals surface area contributed by atoms with Crippen molar-refractivity contribution in [2.24, 2.45) is 0 Å². The Morgan fingerprint density at radius 1 is 1.64 bits per heavy atom. The fourth-order valence-electron chi connectivity index (χ4n) is 0.701. The Hall–Kier alpha value is -0.960. The summed E-state index contributed by atoms with van der Waals surface area (Å²) in [7, 11) is 0. The highest BCUT2D eigenvalue weighted by atomic mass is 35.5. The molecule has 0 fully saturated rings. The SMILES string of the molecule is CCc1occc(=O)c1O.Cl. The maximum Gasteiger partial charge on any atom is 0.226 e. The van der Waals surface area contributed by atoms with Crippen LogP contribution in [0.3, 0.4) is 0 Å². The summed E-state index contributed by atoms with van der Waals surface area (Å²) < 4.78 is 4.84. The lowest BCUT2D eigenvalue weighted by atomic mass is 10.3. The van der Waals surface area contributed by atoms with Crippen LogP contribution in [0.15, 0.2) is 21.5 Å². The van der Waals surface area contributed by atoms with Gasteiger partial charge in [0.05, 0.1) is 6.26 Å². The fraction of sp³-hybridized carbons (Fsp3) is 0.286. The molecule has 0 unspecified atom stereocenters. The summed E-state index contributed by atoms with van der Waals surface area (Å²) in [5.41, 5.74) is -0.386. The van der Waals surface area contributed by atoms with Crippen LogP contribution in [0.25, 0.3) is 0 Å². The molecule has 0 saturated carbocycles. The smallest absolute Gasteiger partial charge is 0.226 e. The van der Waals surface area contributed by atoms with Crippen molar-refractivity contribution >= 4 is 12.4 Å². The summed E-state index contributed by atoms with van der Waals surface area (Å²) >= 11 is 0. The minimum atomic E-state index is -0.386. The summed E-state index contributed by atoms with van der Waals surface area (Å²) in [5.74, 6) is 0.0671. The zero-order chi connectivity index (χ0) is 7.56. The topological polar surface area (TPSA) is 50.4 Å². The van der Waals surface area contributed by atoms with Crippen LogP contribution in [-0.2, 0) is 6.42 Å². The van der Waals surface area contributed by atoms with Crippen LogP contribution in [0.5, 0.6) is 5.75 Å². The summed E-state index contributed by atoms with van der Waals surface area (Å²) in [6.07, 6.45) is 1.81. The van der Waals surface area contributed by atoms with E-state index in [1.807, 2.05) is 0 Å². The van der Waals surface area contributed by atoms with Gasteiger partial charge in [0.25, 0.3) is 0 Å². The monoisotopic (exact) mass is 176 g/mol. The third kappa shape index (κ3) is 1.98. The first-order valence-corrected chi connectivity index (χ1v) is 3.05. The molecule has 0 radical (unpaired) electrons. The van der Waals surface area contributed by atoms with E-state index in [2.05, 4.69) is 0 Å². The van der Waals surface area contributed by atoms with Gasteiger partial charge in [-0.1, -0.05) is 6.92 Å². The van der Waals surface area contributed by atoms with Crippen LogP contribution in [0, 0.1) is 0 Å². The van der Waals surface area contributed by atoms with E-state index in [1.165, 1.54) is 12.3 Å². The van der Waals surface area contributed by atoms with Gasteiger partial charge in [0, 0.05) is 12.5 Å². The molecule has 0 atom stereocenters. The molecule has 0 bridgehead atoms. The number of hydrogen-bond donors (Lipinski definition) is 1. The second kappa shape index (κ2) is 4.03. The summed E-state index contributed by atoms with van der Waals surface area (Å²) in [5, 5.41) is 8.99. The molecule has 0 aliphatic carbocycles. The molecule has 1 N–H and O–H groups in total. The molecular weight excluding hydrogens is 168 g/mol. The Morgan fingerprint density at radius 2 is 2.27 bits per heavy atom. The Balaban J connectivity index is 0.000001000. The van der Waals surface area contributed by atoms with Crippen LogP contribution >= 0.6 is 12.4 Å². The second-order valence-electron chi connectivity index (χ2n) is 1.91. The van der Waals surface area contributed by atoms with Gasteiger partial charge in [-0.3, -0.25) is 4.79 Å². The molecule has 62 valence electrons. The van der Waals surface area contributed by atoms with Crippen molar-refractivity contribution in [3.05, 3.63) is 28.3 Å². The molecule has 1 heterocycles. The highest BCUT2D eigenvalue weighted by Crippen LogP contribution is 2.09. The van der Waals surface area contributed by atoms with E-state index < -0.39 is 0 Å². The quantitative estimate of drug-likeness (QED) is 0.703. The lowest BCUT2D eigenvalue weighted by molar-refractivity contribution is 0.402. The molecule has 3 nitrogen and oxygen atoms in total. The number of aromatic hydroxyl groups is 1. The minimum absolute atomic E-state index is 0. The van der Waals surface area contributed by atoms with E-state index in [9.17, 15) is 4.79 Å². The standard InChI is InChI=1S/C7H8O3.ClH/c1-2-6-7(9)5(8)3-4-10-6;/h3-4,9H,2H2,1H3;1H. The average Bonchev–Trinajstić information content (AvgIpc) is 1.95. The number of aryl methyl sites for hydroxylation is 1. The summed E-state index contributed by atoms with van der Waals surface area (Å²) in [6, 6.07) is 1.19. The lowest BCUT2D eigenvalue weighted by Gasteiger charge is -1.95. The summed E-state index contributed by atoms with van der Waals surface area (Å²) in [4.78, 5) is 10.7. The molecular formula is C7H9ClO3. The number of hydrogen-bond acceptors (Lipinski definition) is 3. The second-order valence-corrected chi connectivity index (χ2v) is 1.91. The highest BCUT2D eigenvalue weighted by Gasteiger charge is 2.02.